The number of fused-ring (bicyclic) bond motifs is 1. The van der Waals surface area contributed by atoms with Crippen molar-refractivity contribution < 1.29 is 10.2 Å². The predicted molar refractivity (Wildman–Crippen MR) is 115 cm³/mol. The Bertz CT molecular complexity index is 1200. The van der Waals surface area contributed by atoms with Crippen molar-refractivity contribution in [2.45, 2.75) is 0 Å². The summed E-state index contributed by atoms with van der Waals surface area (Å²) in [5, 5.41) is 21.4. The Balaban J connectivity index is 1.79. The van der Waals surface area contributed by atoms with Crippen molar-refractivity contribution >= 4 is 34.6 Å². The van der Waals surface area contributed by atoms with E-state index in [-0.39, 0.29) is 11.5 Å². The van der Waals surface area contributed by atoms with E-state index in [1.807, 2.05) is 48.5 Å². The maximum absolute atomic E-state index is 9.66. The Morgan fingerprint density at radius 1 is 0.607 bits per heavy atom. The molecule has 0 saturated heterocycles. The van der Waals surface area contributed by atoms with Crippen LogP contribution < -0.4 is 0 Å². The number of nitrogens with zero attached hydrogens (tertiary/aromatic N) is 2. The summed E-state index contributed by atoms with van der Waals surface area (Å²) >= 11 is 0. The topological polar surface area (TPSA) is 65.2 Å². The zero-order chi connectivity index (χ0) is 19.3. The lowest BCUT2D eigenvalue weighted by Gasteiger charge is -2.06. The van der Waals surface area contributed by atoms with Gasteiger partial charge in [0.25, 0.3) is 0 Å². The van der Waals surface area contributed by atoms with Gasteiger partial charge in [0.15, 0.2) is 0 Å². The van der Waals surface area contributed by atoms with Crippen molar-refractivity contribution in [3.05, 3.63) is 96.1 Å². The molecule has 4 aromatic carbocycles. The van der Waals surface area contributed by atoms with Crippen LogP contribution >= 0.6 is 0 Å². The molecule has 0 bridgehead atoms. The van der Waals surface area contributed by atoms with Crippen molar-refractivity contribution in [2.75, 3.05) is 0 Å². The van der Waals surface area contributed by atoms with E-state index >= 15 is 0 Å². The quantitative estimate of drug-likeness (QED) is 0.452. The number of benzene rings is 4. The smallest absolute Gasteiger partial charge is 0.116 e. The predicted octanol–water partition coefficient (Wildman–Crippen LogP) is 5.75. The van der Waals surface area contributed by atoms with Crippen LogP contribution in [0.1, 0.15) is 11.1 Å². The maximum atomic E-state index is 9.66. The molecule has 2 N–H and O–H groups in total. The van der Waals surface area contributed by atoms with Crippen LogP contribution in [0.3, 0.4) is 0 Å². The lowest BCUT2D eigenvalue weighted by Crippen LogP contribution is -1.83. The fourth-order valence-electron chi connectivity index (χ4n) is 2.98. The average Bonchev–Trinajstić information content (AvgIpc) is 2.71. The fourth-order valence-corrected chi connectivity index (χ4v) is 2.98. The summed E-state index contributed by atoms with van der Waals surface area (Å²) in [6.45, 7) is 0. The zero-order valence-corrected chi connectivity index (χ0v) is 15.0. The third kappa shape index (κ3) is 3.91. The molecule has 4 heteroatoms. The summed E-state index contributed by atoms with van der Waals surface area (Å²) in [5.74, 6) is 0.397. The minimum absolute atomic E-state index is 0.198. The minimum Gasteiger partial charge on any atom is -0.508 e. The third-order valence-corrected chi connectivity index (χ3v) is 4.32. The molecule has 4 rings (SSSR count). The molecule has 0 saturated carbocycles. The van der Waals surface area contributed by atoms with Crippen molar-refractivity contribution in [1.29, 1.82) is 0 Å². The van der Waals surface area contributed by atoms with Crippen molar-refractivity contribution in [1.82, 2.24) is 0 Å². The van der Waals surface area contributed by atoms with Crippen molar-refractivity contribution in [3.8, 4) is 11.5 Å². The first-order valence-corrected chi connectivity index (χ1v) is 8.87. The number of hydrogen-bond acceptors (Lipinski definition) is 4. The van der Waals surface area contributed by atoms with E-state index in [1.54, 1.807) is 48.8 Å². The third-order valence-electron chi connectivity index (χ3n) is 4.32. The molecule has 0 unspecified atom stereocenters. The first-order valence-electron chi connectivity index (χ1n) is 8.87. The van der Waals surface area contributed by atoms with Crippen LogP contribution in [-0.2, 0) is 0 Å². The molecule has 0 aromatic heterocycles. The Hall–Kier alpha value is -3.92. The molecular formula is C24H18N2O2. The molecule has 4 aromatic rings. The molecule has 0 aliphatic carbocycles. The van der Waals surface area contributed by atoms with Gasteiger partial charge in [0.05, 0.1) is 11.4 Å². The average molecular weight is 366 g/mol. The highest BCUT2D eigenvalue weighted by Crippen LogP contribution is 2.36. The summed E-state index contributed by atoms with van der Waals surface area (Å²) < 4.78 is 0. The van der Waals surface area contributed by atoms with E-state index in [4.69, 9.17) is 0 Å². The van der Waals surface area contributed by atoms with Gasteiger partial charge in [-0.25, -0.2) is 0 Å². The van der Waals surface area contributed by atoms with Gasteiger partial charge >= 0.3 is 0 Å². The second-order valence-electron chi connectivity index (χ2n) is 6.36. The van der Waals surface area contributed by atoms with E-state index in [0.29, 0.717) is 0 Å². The highest BCUT2D eigenvalue weighted by atomic mass is 16.3. The minimum atomic E-state index is 0.198. The summed E-state index contributed by atoms with van der Waals surface area (Å²) in [6, 6.07) is 25.8. The highest BCUT2D eigenvalue weighted by Gasteiger charge is 2.06. The Morgan fingerprint density at radius 3 is 1.93 bits per heavy atom. The van der Waals surface area contributed by atoms with Gasteiger partial charge in [-0.05, 0) is 46.8 Å². The van der Waals surface area contributed by atoms with Crippen LogP contribution in [0, 0.1) is 0 Å². The van der Waals surface area contributed by atoms with Gasteiger partial charge in [0.2, 0.25) is 0 Å². The molecular weight excluding hydrogens is 348 g/mol. The lowest BCUT2D eigenvalue weighted by molar-refractivity contribution is 0.474. The zero-order valence-electron chi connectivity index (χ0n) is 15.0. The molecule has 28 heavy (non-hydrogen) atoms. The molecule has 0 heterocycles. The van der Waals surface area contributed by atoms with Gasteiger partial charge < -0.3 is 10.2 Å². The number of hydrogen-bond donors (Lipinski definition) is 2. The second kappa shape index (κ2) is 7.76. The van der Waals surface area contributed by atoms with Gasteiger partial charge in [-0.3, -0.25) is 9.98 Å². The largest absolute Gasteiger partial charge is 0.508 e. The molecule has 0 aliphatic rings. The molecule has 0 radical (unpaired) electrons. The van der Waals surface area contributed by atoms with Crippen LogP contribution in [0.25, 0.3) is 10.8 Å². The van der Waals surface area contributed by atoms with Crippen molar-refractivity contribution in [3.63, 3.8) is 0 Å². The Kier molecular flexibility index (Phi) is 4.85. The Morgan fingerprint density at radius 2 is 1.25 bits per heavy atom. The number of phenols is 2. The van der Waals surface area contributed by atoms with Gasteiger partial charge in [0.1, 0.15) is 11.5 Å². The molecule has 0 amide bonds. The molecule has 0 spiro atoms. The van der Waals surface area contributed by atoms with Crippen LogP contribution in [-0.4, -0.2) is 22.6 Å². The van der Waals surface area contributed by atoms with E-state index in [9.17, 15) is 10.2 Å². The maximum Gasteiger partial charge on any atom is 0.116 e. The van der Waals surface area contributed by atoms with Crippen molar-refractivity contribution in [2.24, 2.45) is 9.98 Å². The molecule has 0 aliphatic heterocycles. The number of aliphatic imine (C=N–C) groups is 2. The normalized spacial score (nSPS) is 11.6. The summed E-state index contributed by atoms with van der Waals surface area (Å²) in [5.41, 5.74) is 3.07. The number of phenolic OH excluding ortho intramolecular Hbond substituents is 2. The van der Waals surface area contributed by atoms with E-state index < -0.39 is 0 Å². The standard InChI is InChI=1S/C24H18N2O2/c27-20-8-3-5-17(13-20)15-25-23-12-11-19-7-1-2-10-22(19)24(23)26-16-18-6-4-9-21(28)14-18/h1-16,27-28H. The summed E-state index contributed by atoms with van der Waals surface area (Å²) in [6.07, 6.45) is 3.42. The van der Waals surface area contributed by atoms with E-state index in [0.717, 1.165) is 33.3 Å². The van der Waals surface area contributed by atoms with Gasteiger partial charge in [-0.1, -0.05) is 54.6 Å². The summed E-state index contributed by atoms with van der Waals surface area (Å²) in [4.78, 5) is 9.27. The number of aromatic hydroxyl groups is 2. The van der Waals surface area contributed by atoms with Gasteiger partial charge in [-0.2, -0.15) is 0 Å². The second-order valence-corrected chi connectivity index (χ2v) is 6.36. The first-order chi connectivity index (χ1) is 13.7. The van der Waals surface area contributed by atoms with Gasteiger partial charge in [-0.15, -0.1) is 0 Å². The molecule has 0 fully saturated rings. The molecule has 136 valence electrons. The Labute approximate surface area is 162 Å². The molecule has 0 atom stereocenters. The van der Waals surface area contributed by atoms with Gasteiger partial charge in [0, 0.05) is 17.8 Å². The summed E-state index contributed by atoms with van der Waals surface area (Å²) in [7, 11) is 0. The SMILES string of the molecule is Oc1cccc(C=Nc2ccc3ccccc3c2N=Cc2cccc(O)c2)c1. The first kappa shape index (κ1) is 17.5. The van der Waals surface area contributed by atoms with Crippen LogP contribution in [0.4, 0.5) is 11.4 Å². The van der Waals surface area contributed by atoms with E-state index in [1.165, 1.54) is 0 Å². The monoisotopic (exact) mass is 366 g/mol. The van der Waals surface area contributed by atoms with E-state index in [2.05, 4.69) is 9.98 Å². The van der Waals surface area contributed by atoms with Crippen LogP contribution in [0.2, 0.25) is 0 Å². The highest BCUT2D eigenvalue weighted by molar-refractivity contribution is 6.01. The lowest BCUT2D eigenvalue weighted by atomic mass is 10.1. The fraction of sp³-hybridized carbons (Fsp3) is 0. The van der Waals surface area contributed by atoms with Crippen LogP contribution in [0.5, 0.6) is 11.5 Å². The van der Waals surface area contributed by atoms with Crippen LogP contribution in [0.15, 0.2) is 94.9 Å². The molecule has 4 nitrogen and oxygen atoms in total. The number of rotatable bonds is 4.